The molecule has 0 spiro atoms. The van der Waals surface area contributed by atoms with E-state index in [4.69, 9.17) is 4.74 Å². The molecule has 0 bridgehead atoms. The fraction of sp³-hybridized carbons (Fsp3) is 0.310. The minimum absolute atomic E-state index is 0.129. The van der Waals surface area contributed by atoms with Gasteiger partial charge in [-0.15, -0.1) is 0 Å². The zero-order valence-corrected chi connectivity index (χ0v) is 23.5. The standard InChI is InChI=1S/C29H30N8O5/c1-4-35(5-2)28(40)21-16-31-20(15-32-21)24-25-23(22(42-3)17-34-24)18(14-33-25)26(38)29(41)37-12-10-36(11-13-37)27(39)19-8-6-7-9-30-19/h6-9,14-17,33H,4-5,10-13H2,1-3H3. The third-order valence-electron chi connectivity index (χ3n) is 7.24. The number of nitrogens with one attached hydrogen (secondary N) is 1. The molecule has 1 fully saturated rings. The van der Waals surface area contributed by atoms with Crippen molar-refractivity contribution < 1.29 is 23.9 Å². The van der Waals surface area contributed by atoms with Crippen LogP contribution in [0.5, 0.6) is 5.75 Å². The van der Waals surface area contributed by atoms with E-state index >= 15 is 0 Å². The van der Waals surface area contributed by atoms with Gasteiger partial charge in [0.2, 0.25) is 0 Å². The van der Waals surface area contributed by atoms with Crippen LogP contribution in [0.25, 0.3) is 22.3 Å². The van der Waals surface area contributed by atoms with Crippen molar-refractivity contribution >= 4 is 34.4 Å². The summed E-state index contributed by atoms with van der Waals surface area (Å²) in [5.74, 6) is -1.53. The maximum absolute atomic E-state index is 13.5. The lowest BCUT2D eigenvalue weighted by Gasteiger charge is -2.34. The van der Waals surface area contributed by atoms with E-state index in [1.807, 2.05) is 13.8 Å². The maximum Gasteiger partial charge on any atom is 0.295 e. The van der Waals surface area contributed by atoms with Crippen molar-refractivity contribution in [3.63, 3.8) is 0 Å². The molecule has 13 nitrogen and oxygen atoms in total. The Morgan fingerprint density at radius 2 is 1.64 bits per heavy atom. The number of ether oxygens (including phenoxy) is 1. The highest BCUT2D eigenvalue weighted by molar-refractivity contribution is 6.45. The van der Waals surface area contributed by atoms with Gasteiger partial charge in [0.25, 0.3) is 23.5 Å². The molecule has 0 unspecified atom stereocenters. The second kappa shape index (κ2) is 12.1. The lowest BCUT2D eigenvalue weighted by atomic mass is 10.1. The summed E-state index contributed by atoms with van der Waals surface area (Å²) in [7, 11) is 1.45. The van der Waals surface area contributed by atoms with Crippen LogP contribution in [0.1, 0.15) is 45.2 Å². The predicted octanol–water partition coefficient (Wildman–Crippen LogP) is 2.07. The number of rotatable bonds is 8. The molecule has 13 heteroatoms. The van der Waals surface area contributed by atoms with Crippen LogP contribution in [0.3, 0.4) is 0 Å². The molecule has 0 aromatic carbocycles. The van der Waals surface area contributed by atoms with Crippen molar-refractivity contribution in [2.24, 2.45) is 0 Å². The lowest BCUT2D eigenvalue weighted by Crippen LogP contribution is -2.52. The van der Waals surface area contributed by atoms with Crippen molar-refractivity contribution in [3.8, 4) is 17.1 Å². The number of hydrogen-bond acceptors (Lipinski definition) is 9. The average molecular weight is 571 g/mol. The Kier molecular flexibility index (Phi) is 8.18. The number of H-pyrrole nitrogens is 1. The van der Waals surface area contributed by atoms with Crippen LogP contribution < -0.4 is 4.74 Å². The summed E-state index contributed by atoms with van der Waals surface area (Å²) in [6, 6.07) is 5.12. The molecular weight excluding hydrogens is 540 g/mol. The van der Waals surface area contributed by atoms with Crippen LogP contribution in [0.2, 0.25) is 0 Å². The van der Waals surface area contributed by atoms with Crippen LogP contribution in [-0.4, -0.2) is 110 Å². The zero-order valence-electron chi connectivity index (χ0n) is 23.5. The molecule has 216 valence electrons. The van der Waals surface area contributed by atoms with Gasteiger partial charge in [-0.1, -0.05) is 6.07 Å². The summed E-state index contributed by atoms with van der Waals surface area (Å²) in [5, 5.41) is 0.384. The number of pyridine rings is 2. The number of fused-ring (bicyclic) bond motifs is 1. The molecule has 5 heterocycles. The van der Waals surface area contributed by atoms with E-state index in [0.717, 1.165) is 0 Å². The van der Waals surface area contributed by atoms with Gasteiger partial charge in [0.1, 0.15) is 28.5 Å². The van der Waals surface area contributed by atoms with Crippen molar-refractivity contribution in [3.05, 3.63) is 66.1 Å². The van der Waals surface area contributed by atoms with Gasteiger partial charge in [-0.05, 0) is 26.0 Å². The summed E-state index contributed by atoms with van der Waals surface area (Å²) < 4.78 is 5.48. The fourth-order valence-corrected chi connectivity index (χ4v) is 4.90. The molecule has 0 radical (unpaired) electrons. The van der Waals surface area contributed by atoms with E-state index in [0.29, 0.717) is 46.8 Å². The normalized spacial score (nSPS) is 13.2. The molecule has 1 saturated heterocycles. The molecule has 0 aliphatic carbocycles. The summed E-state index contributed by atoms with van der Waals surface area (Å²) in [5.41, 5.74) is 1.87. The quantitative estimate of drug-likeness (QED) is 0.248. The number of aromatic nitrogens is 5. The van der Waals surface area contributed by atoms with Crippen molar-refractivity contribution in [1.29, 1.82) is 0 Å². The molecule has 3 amide bonds. The van der Waals surface area contributed by atoms with Crippen LogP contribution >= 0.6 is 0 Å². The van der Waals surface area contributed by atoms with Gasteiger partial charge in [-0.2, -0.15) is 0 Å². The lowest BCUT2D eigenvalue weighted by molar-refractivity contribution is -0.127. The van der Waals surface area contributed by atoms with Gasteiger partial charge in [0.05, 0.1) is 42.2 Å². The Bertz CT molecular complexity index is 1630. The summed E-state index contributed by atoms with van der Waals surface area (Å²) in [6.07, 6.45) is 7.30. The highest BCUT2D eigenvalue weighted by Gasteiger charge is 2.31. The number of Topliss-reactive ketones (excluding diaryl/α,β-unsaturated/α-hetero) is 1. The molecule has 0 saturated carbocycles. The van der Waals surface area contributed by atoms with Gasteiger partial charge in [-0.25, -0.2) is 9.97 Å². The average Bonchev–Trinajstić information content (AvgIpc) is 3.50. The minimum Gasteiger partial charge on any atom is -0.494 e. The smallest absolute Gasteiger partial charge is 0.295 e. The minimum atomic E-state index is -0.715. The summed E-state index contributed by atoms with van der Waals surface area (Å²) in [4.78, 5) is 77.1. The largest absolute Gasteiger partial charge is 0.494 e. The van der Waals surface area contributed by atoms with Crippen molar-refractivity contribution in [1.82, 2.24) is 39.6 Å². The van der Waals surface area contributed by atoms with Gasteiger partial charge in [0.15, 0.2) is 0 Å². The van der Waals surface area contributed by atoms with Crippen LogP contribution in [-0.2, 0) is 4.79 Å². The van der Waals surface area contributed by atoms with Crippen LogP contribution in [0.4, 0.5) is 0 Å². The van der Waals surface area contributed by atoms with E-state index in [1.54, 1.807) is 34.2 Å². The molecular formula is C29H30N8O5. The zero-order chi connectivity index (χ0) is 29.8. The molecule has 5 rings (SSSR count). The first-order chi connectivity index (χ1) is 20.4. The summed E-state index contributed by atoms with van der Waals surface area (Å²) >= 11 is 0. The van der Waals surface area contributed by atoms with E-state index < -0.39 is 11.7 Å². The Morgan fingerprint density at radius 3 is 2.26 bits per heavy atom. The van der Waals surface area contributed by atoms with Crippen LogP contribution in [0, 0.1) is 0 Å². The van der Waals surface area contributed by atoms with Gasteiger partial charge >= 0.3 is 0 Å². The van der Waals surface area contributed by atoms with Crippen LogP contribution in [0.15, 0.2) is 49.2 Å². The number of hydrogen-bond donors (Lipinski definition) is 1. The SMILES string of the molecule is CCN(CC)C(=O)c1cnc(-c2ncc(OC)c3c(C(=O)C(=O)N4CCN(C(=O)c5ccccn5)CC4)c[nH]c23)cn1. The highest BCUT2D eigenvalue weighted by atomic mass is 16.5. The van der Waals surface area contributed by atoms with Crippen molar-refractivity contribution in [2.45, 2.75) is 13.8 Å². The highest BCUT2D eigenvalue weighted by Crippen LogP contribution is 2.34. The number of aromatic amines is 1. The van der Waals surface area contributed by atoms with Crippen molar-refractivity contribution in [2.75, 3.05) is 46.4 Å². The molecule has 1 aliphatic rings. The Labute approximate surface area is 241 Å². The topological polar surface area (TPSA) is 155 Å². The Balaban J connectivity index is 1.36. The Hall–Kier alpha value is -5.20. The second-order valence-electron chi connectivity index (χ2n) is 9.52. The fourth-order valence-electron chi connectivity index (χ4n) is 4.90. The molecule has 4 aromatic rings. The van der Waals surface area contributed by atoms with E-state index in [9.17, 15) is 19.2 Å². The number of methoxy groups -OCH3 is 1. The molecule has 1 aliphatic heterocycles. The number of amides is 3. The predicted molar refractivity (Wildman–Crippen MR) is 152 cm³/mol. The second-order valence-corrected chi connectivity index (χ2v) is 9.52. The maximum atomic E-state index is 13.5. The van der Waals surface area contributed by atoms with Gasteiger partial charge in [-0.3, -0.25) is 29.1 Å². The number of carbonyl (C=O) groups is 4. The first-order valence-electron chi connectivity index (χ1n) is 13.6. The first-order valence-corrected chi connectivity index (χ1v) is 13.6. The monoisotopic (exact) mass is 570 g/mol. The molecule has 0 atom stereocenters. The van der Waals surface area contributed by atoms with E-state index in [1.165, 1.54) is 36.8 Å². The first kappa shape index (κ1) is 28.3. The van der Waals surface area contributed by atoms with Gasteiger partial charge in [0, 0.05) is 51.7 Å². The van der Waals surface area contributed by atoms with E-state index in [-0.39, 0.29) is 49.3 Å². The number of carbonyl (C=O) groups excluding carboxylic acids is 4. The third-order valence-corrected chi connectivity index (χ3v) is 7.24. The molecule has 4 aromatic heterocycles. The summed E-state index contributed by atoms with van der Waals surface area (Å²) in [6.45, 7) is 5.87. The molecule has 42 heavy (non-hydrogen) atoms. The Morgan fingerprint density at radius 1 is 0.905 bits per heavy atom. The van der Waals surface area contributed by atoms with Gasteiger partial charge < -0.3 is 24.4 Å². The third kappa shape index (κ3) is 5.28. The number of ketones is 1. The van der Waals surface area contributed by atoms with E-state index in [2.05, 4.69) is 24.9 Å². The number of piperazine rings is 1. The molecule has 1 N–H and O–H groups in total. The number of nitrogens with zero attached hydrogens (tertiary/aromatic N) is 7.